The number of hydrogen-bond acceptors (Lipinski definition) is 4. The number of carbonyl (C=O) groups is 1. The summed E-state index contributed by atoms with van der Waals surface area (Å²) in [7, 11) is 0. The molecule has 94 valence electrons. The Morgan fingerprint density at radius 1 is 1.41 bits per heavy atom. The molecule has 6 heteroatoms. The molecule has 1 atom stereocenters. The first-order valence-corrected chi connectivity index (χ1v) is 6.80. The van der Waals surface area contributed by atoms with Gasteiger partial charge >= 0.3 is 0 Å². The number of Topliss-reactive ketones (excluding diaryl/α,β-unsaturated/α-hetero) is 1. The molecular formula is C11H12Cl2O3S. The Balaban J connectivity index is 2.52. The van der Waals surface area contributed by atoms with Crippen molar-refractivity contribution in [3.63, 3.8) is 0 Å². The van der Waals surface area contributed by atoms with Gasteiger partial charge in [-0.25, -0.2) is 0 Å². The topological polar surface area (TPSA) is 57.5 Å². The fourth-order valence-corrected chi connectivity index (χ4v) is 2.48. The molecule has 3 nitrogen and oxygen atoms in total. The minimum absolute atomic E-state index is 0.123. The van der Waals surface area contributed by atoms with Gasteiger partial charge in [0.1, 0.15) is 0 Å². The van der Waals surface area contributed by atoms with E-state index in [-0.39, 0.29) is 18.1 Å². The van der Waals surface area contributed by atoms with Gasteiger partial charge in [0, 0.05) is 16.3 Å². The van der Waals surface area contributed by atoms with E-state index in [1.807, 2.05) is 0 Å². The summed E-state index contributed by atoms with van der Waals surface area (Å²) < 4.78 is 0. The molecule has 1 aromatic rings. The number of ketones is 1. The highest BCUT2D eigenvalue weighted by Crippen LogP contribution is 2.22. The first-order chi connectivity index (χ1) is 8.04. The van der Waals surface area contributed by atoms with Gasteiger partial charge in [-0.3, -0.25) is 4.79 Å². The van der Waals surface area contributed by atoms with Crippen LogP contribution in [0.1, 0.15) is 10.4 Å². The zero-order valence-corrected chi connectivity index (χ0v) is 11.2. The SMILES string of the molecule is O=C(CSCC(O)CO)c1ccc(Cl)cc1Cl. The van der Waals surface area contributed by atoms with Gasteiger partial charge < -0.3 is 10.2 Å². The van der Waals surface area contributed by atoms with Crippen molar-refractivity contribution in [2.45, 2.75) is 6.10 Å². The Labute approximate surface area is 114 Å². The molecule has 0 spiro atoms. The Morgan fingerprint density at radius 3 is 2.71 bits per heavy atom. The molecule has 0 aromatic heterocycles. The van der Waals surface area contributed by atoms with Crippen molar-refractivity contribution in [1.29, 1.82) is 0 Å². The lowest BCUT2D eigenvalue weighted by atomic mass is 10.1. The lowest BCUT2D eigenvalue weighted by Crippen LogP contribution is -2.16. The summed E-state index contributed by atoms with van der Waals surface area (Å²) in [6, 6.07) is 4.70. The van der Waals surface area contributed by atoms with Crippen LogP contribution in [0.15, 0.2) is 18.2 Å². The van der Waals surface area contributed by atoms with Gasteiger partial charge in [-0.15, -0.1) is 0 Å². The van der Waals surface area contributed by atoms with Gasteiger partial charge in [0.15, 0.2) is 5.78 Å². The van der Waals surface area contributed by atoms with Crippen LogP contribution in [-0.2, 0) is 0 Å². The number of aliphatic hydroxyl groups is 2. The standard InChI is InChI=1S/C11H12Cl2O3S/c12-7-1-2-9(10(13)3-7)11(16)6-17-5-8(15)4-14/h1-3,8,14-15H,4-6H2. The largest absolute Gasteiger partial charge is 0.394 e. The lowest BCUT2D eigenvalue weighted by molar-refractivity contribution is 0.102. The Bertz CT molecular complexity index is 398. The third-order valence-electron chi connectivity index (χ3n) is 1.99. The highest BCUT2D eigenvalue weighted by atomic mass is 35.5. The van der Waals surface area contributed by atoms with Crippen molar-refractivity contribution >= 4 is 40.7 Å². The molecule has 2 N–H and O–H groups in total. The molecule has 1 aromatic carbocycles. The van der Waals surface area contributed by atoms with Crippen molar-refractivity contribution in [1.82, 2.24) is 0 Å². The third kappa shape index (κ3) is 4.85. The van der Waals surface area contributed by atoms with Gasteiger partial charge in [-0.2, -0.15) is 11.8 Å². The molecule has 0 heterocycles. The zero-order valence-electron chi connectivity index (χ0n) is 8.90. The van der Waals surface area contributed by atoms with Gasteiger partial charge in [-0.05, 0) is 18.2 Å². The number of thioether (sulfide) groups is 1. The van der Waals surface area contributed by atoms with Crippen LogP contribution in [0.5, 0.6) is 0 Å². The van der Waals surface area contributed by atoms with E-state index in [4.69, 9.17) is 33.4 Å². The third-order valence-corrected chi connectivity index (χ3v) is 3.62. The molecule has 0 fully saturated rings. The fraction of sp³-hybridized carbons (Fsp3) is 0.364. The molecular weight excluding hydrogens is 283 g/mol. The molecule has 1 unspecified atom stereocenters. The van der Waals surface area contributed by atoms with Crippen molar-refractivity contribution in [2.75, 3.05) is 18.1 Å². The molecule has 0 saturated carbocycles. The minimum atomic E-state index is -0.798. The maximum Gasteiger partial charge on any atom is 0.174 e. The highest BCUT2D eigenvalue weighted by Gasteiger charge is 2.11. The highest BCUT2D eigenvalue weighted by molar-refractivity contribution is 8.00. The molecule has 0 saturated heterocycles. The van der Waals surface area contributed by atoms with Crippen LogP contribution in [0, 0.1) is 0 Å². The quantitative estimate of drug-likeness (QED) is 0.790. The smallest absolute Gasteiger partial charge is 0.174 e. The molecule has 0 amide bonds. The number of halogens is 2. The average Bonchev–Trinajstić information content (AvgIpc) is 2.28. The maximum absolute atomic E-state index is 11.8. The van der Waals surface area contributed by atoms with Gasteiger partial charge in [0.2, 0.25) is 0 Å². The van der Waals surface area contributed by atoms with Gasteiger partial charge in [-0.1, -0.05) is 23.2 Å². The van der Waals surface area contributed by atoms with Gasteiger partial charge in [0.05, 0.1) is 23.5 Å². The number of aliphatic hydroxyl groups excluding tert-OH is 2. The second kappa shape index (κ2) is 7.24. The second-order valence-corrected chi connectivity index (χ2v) is 5.27. The molecule has 0 aliphatic carbocycles. The van der Waals surface area contributed by atoms with Crippen LogP contribution in [0.2, 0.25) is 10.0 Å². The van der Waals surface area contributed by atoms with E-state index in [2.05, 4.69) is 0 Å². The predicted molar refractivity (Wildman–Crippen MR) is 71.2 cm³/mol. The summed E-state index contributed by atoms with van der Waals surface area (Å²) in [6.45, 7) is -0.303. The van der Waals surface area contributed by atoms with Crippen molar-refractivity contribution < 1.29 is 15.0 Å². The molecule has 0 aliphatic heterocycles. The molecule has 0 aliphatic rings. The van der Waals surface area contributed by atoms with Crippen LogP contribution >= 0.6 is 35.0 Å². The van der Waals surface area contributed by atoms with E-state index < -0.39 is 6.10 Å². The molecule has 0 radical (unpaired) electrons. The van der Waals surface area contributed by atoms with Crippen LogP contribution in [0.25, 0.3) is 0 Å². The summed E-state index contributed by atoms with van der Waals surface area (Å²) in [6.07, 6.45) is -0.798. The molecule has 0 bridgehead atoms. The summed E-state index contributed by atoms with van der Waals surface area (Å²) in [4.78, 5) is 11.8. The normalized spacial score (nSPS) is 12.5. The molecule has 17 heavy (non-hydrogen) atoms. The minimum Gasteiger partial charge on any atom is -0.394 e. The monoisotopic (exact) mass is 294 g/mol. The molecule has 1 rings (SSSR count). The van der Waals surface area contributed by atoms with E-state index in [0.717, 1.165) is 0 Å². The number of hydrogen-bond donors (Lipinski definition) is 2. The van der Waals surface area contributed by atoms with E-state index in [9.17, 15) is 4.79 Å². The lowest BCUT2D eigenvalue weighted by Gasteiger charge is -2.07. The van der Waals surface area contributed by atoms with Crippen molar-refractivity contribution in [3.8, 4) is 0 Å². The Hall–Kier alpha value is -0.260. The Morgan fingerprint density at radius 2 is 2.12 bits per heavy atom. The first-order valence-electron chi connectivity index (χ1n) is 4.89. The summed E-state index contributed by atoms with van der Waals surface area (Å²) in [5.41, 5.74) is 0.419. The van der Waals surface area contributed by atoms with E-state index in [1.54, 1.807) is 12.1 Å². The number of benzene rings is 1. The summed E-state index contributed by atoms with van der Waals surface area (Å²) in [5.74, 6) is 0.396. The second-order valence-electron chi connectivity index (χ2n) is 3.40. The predicted octanol–water partition coefficient (Wildman–Crippen LogP) is 2.26. The first kappa shape index (κ1) is 14.8. The van der Waals surface area contributed by atoms with Crippen LogP contribution < -0.4 is 0 Å². The van der Waals surface area contributed by atoms with E-state index >= 15 is 0 Å². The summed E-state index contributed by atoms with van der Waals surface area (Å²) >= 11 is 12.9. The van der Waals surface area contributed by atoms with E-state index in [1.165, 1.54) is 17.8 Å². The average molecular weight is 295 g/mol. The van der Waals surface area contributed by atoms with Crippen LogP contribution in [0.3, 0.4) is 0 Å². The number of carbonyl (C=O) groups excluding carboxylic acids is 1. The van der Waals surface area contributed by atoms with E-state index in [0.29, 0.717) is 21.4 Å². The fourth-order valence-electron chi connectivity index (χ4n) is 1.13. The van der Waals surface area contributed by atoms with Crippen molar-refractivity contribution in [2.24, 2.45) is 0 Å². The summed E-state index contributed by atoms with van der Waals surface area (Å²) in [5, 5.41) is 18.5. The van der Waals surface area contributed by atoms with Crippen LogP contribution in [0.4, 0.5) is 0 Å². The maximum atomic E-state index is 11.8. The van der Waals surface area contributed by atoms with Crippen molar-refractivity contribution in [3.05, 3.63) is 33.8 Å². The Kier molecular flexibility index (Phi) is 6.30. The van der Waals surface area contributed by atoms with Crippen LogP contribution in [-0.4, -0.2) is 40.2 Å². The number of rotatable bonds is 6. The zero-order chi connectivity index (χ0) is 12.8. The van der Waals surface area contributed by atoms with Gasteiger partial charge in [0.25, 0.3) is 0 Å².